The minimum Gasteiger partial charge on any atom is -0.294 e. The van der Waals surface area contributed by atoms with Crippen LogP contribution in [0.25, 0.3) is 10.9 Å². The van der Waals surface area contributed by atoms with E-state index in [0.29, 0.717) is 5.39 Å². The van der Waals surface area contributed by atoms with Gasteiger partial charge in [-0.25, -0.2) is 13.2 Å². The Morgan fingerprint density at radius 3 is 2.30 bits per heavy atom. The lowest BCUT2D eigenvalue weighted by Crippen LogP contribution is -2.15. The fourth-order valence-electron chi connectivity index (χ4n) is 2.95. The number of aromatic nitrogens is 3. The Kier molecular flexibility index (Phi) is 4.86. The Morgan fingerprint density at radius 2 is 1.63 bits per heavy atom. The van der Waals surface area contributed by atoms with Gasteiger partial charge in [0.15, 0.2) is 5.78 Å². The lowest BCUT2D eigenvalue weighted by Gasteiger charge is -2.07. The van der Waals surface area contributed by atoms with E-state index in [0.717, 1.165) is 46.6 Å². The highest BCUT2D eigenvalue weighted by atomic mass is 32.2. The van der Waals surface area contributed by atoms with Gasteiger partial charge in [0.2, 0.25) is 0 Å². The van der Waals surface area contributed by atoms with Crippen LogP contribution in [0.1, 0.15) is 16.1 Å². The molecule has 0 fully saturated rings. The first kappa shape index (κ1) is 19.8. The molecule has 0 atom stereocenters. The van der Waals surface area contributed by atoms with Crippen LogP contribution in [0.4, 0.5) is 13.2 Å². The molecule has 0 radical (unpaired) electrons. The third kappa shape index (κ3) is 3.45. The Labute approximate surface area is 168 Å². The standard InChI is InChI=1S/C20H12F3N3O3S/c21-13-4-6-15(7-5-13)30(28,29)26-18-8-14(24-10-12(18)11-25-26)9-19(27)20-16(22)2-1-3-17(20)23/h1-8,10-11H,9H2. The summed E-state index contributed by atoms with van der Waals surface area (Å²) in [7, 11) is -4.14. The number of benzene rings is 2. The summed E-state index contributed by atoms with van der Waals surface area (Å²) in [4.78, 5) is 16.2. The molecule has 0 bridgehead atoms. The maximum absolute atomic E-state index is 13.8. The average Bonchev–Trinajstić information content (AvgIpc) is 3.12. The van der Waals surface area contributed by atoms with E-state index in [9.17, 15) is 26.4 Å². The molecular formula is C20H12F3N3O3S. The van der Waals surface area contributed by atoms with Crippen molar-refractivity contribution in [3.8, 4) is 0 Å². The normalized spacial score (nSPS) is 11.7. The first-order valence-electron chi connectivity index (χ1n) is 8.58. The largest absolute Gasteiger partial charge is 0.294 e. The summed E-state index contributed by atoms with van der Waals surface area (Å²) in [6.45, 7) is 0. The molecule has 4 aromatic rings. The van der Waals surface area contributed by atoms with Crippen molar-refractivity contribution in [2.24, 2.45) is 0 Å². The first-order valence-corrected chi connectivity index (χ1v) is 10.0. The van der Waals surface area contributed by atoms with Crippen molar-refractivity contribution >= 4 is 26.7 Å². The van der Waals surface area contributed by atoms with Crippen LogP contribution in [-0.2, 0) is 16.4 Å². The van der Waals surface area contributed by atoms with Crippen LogP contribution in [0, 0.1) is 17.5 Å². The molecule has 0 amide bonds. The summed E-state index contributed by atoms with van der Waals surface area (Å²) >= 11 is 0. The van der Waals surface area contributed by atoms with E-state index in [2.05, 4.69) is 10.1 Å². The Hall–Kier alpha value is -3.53. The van der Waals surface area contributed by atoms with Gasteiger partial charge in [-0.2, -0.15) is 17.6 Å². The lowest BCUT2D eigenvalue weighted by molar-refractivity contribution is 0.0984. The Morgan fingerprint density at radius 1 is 0.967 bits per heavy atom. The van der Waals surface area contributed by atoms with Gasteiger partial charge in [-0.15, -0.1) is 0 Å². The smallest absolute Gasteiger partial charge is 0.283 e. The molecule has 4 rings (SSSR count). The maximum atomic E-state index is 13.8. The number of hydrogen-bond acceptors (Lipinski definition) is 5. The molecule has 30 heavy (non-hydrogen) atoms. The topological polar surface area (TPSA) is 81.9 Å². The van der Waals surface area contributed by atoms with Crippen molar-refractivity contribution < 1.29 is 26.4 Å². The van der Waals surface area contributed by atoms with Gasteiger partial charge in [-0.05, 0) is 42.5 Å². The number of halogens is 3. The van der Waals surface area contributed by atoms with Crippen molar-refractivity contribution in [2.75, 3.05) is 0 Å². The fraction of sp³-hybridized carbons (Fsp3) is 0.0500. The minimum absolute atomic E-state index is 0.103. The van der Waals surface area contributed by atoms with Crippen LogP contribution in [-0.4, -0.2) is 28.4 Å². The molecule has 152 valence electrons. The molecule has 0 spiro atoms. The van der Waals surface area contributed by atoms with Crippen molar-refractivity contribution in [1.82, 2.24) is 14.2 Å². The predicted octanol–water partition coefficient (Wildman–Crippen LogP) is 3.51. The second kappa shape index (κ2) is 7.38. The molecule has 0 aliphatic rings. The van der Waals surface area contributed by atoms with Gasteiger partial charge in [0, 0.05) is 11.6 Å². The van der Waals surface area contributed by atoms with Gasteiger partial charge >= 0.3 is 0 Å². The number of hydrogen-bond donors (Lipinski definition) is 0. The number of fused-ring (bicyclic) bond motifs is 1. The monoisotopic (exact) mass is 431 g/mol. The van der Waals surface area contributed by atoms with E-state index in [1.807, 2.05) is 0 Å². The predicted molar refractivity (Wildman–Crippen MR) is 101 cm³/mol. The van der Waals surface area contributed by atoms with Gasteiger partial charge in [0.05, 0.1) is 34.3 Å². The number of nitrogens with zero attached hydrogens (tertiary/aromatic N) is 3. The van der Waals surface area contributed by atoms with Gasteiger partial charge < -0.3 is 0 Å². The summed E-state index contributed by atoms with van der Waals surface area (Å²) in [5.74, 6) is -3.43. The highest BCUT2D eigenvalue weighted by Gasteiger charge is 2.22. The summed E-state index contributed by atoms with van der Waals surface area (Å²) in [6, 6.07) is 8.61. The number of carbonyl (C=O) groups excluding carboxylic acids is 1. The molecule has 0 aliphatic carbocycles. The molecule has 6 nitrogen and oxygen atoms in total. The number of carbonyl (C=O) groups is 1. The zero-order valence-corrected chi connectivity index (χ0v) is 15.9. The molecule has 0 saturated heterocycles. The van der Waals surface area contributed by atoms with E-state index < -0.39 is 45.2 Å². The molecule has 0 saturated carbocycles. The number of Topliss-reactive ketones (excluding diaryl/α,β-unsaturated/α-hetero) is 1. The highest BCUT2D eigenvalue weighted by molar-refractivity contribution is 7.90. The Bertz CT molecular complexity index is 1360. The molecule has 0 unspecified atom stereocenters. The van der Waals surface area contributed by atoms with E-state index in [4.69, 9.17) is 0 Å². The summed E-state index contributed by atoms with van der Waals surface area (Å²) < 4.78 is 67.3. The van der Waals surface area contributed by atoms with Gasteiger partial charge in [0.1, 0.15) is 17.5 Å². The summed E-state index contributed by atoms with van der Waals surface area (Å²) in [5.41, 5.74) is -0.468. The summed E-state index contributed by atoms with van der Waals surface area (Å²) in [5, 5.41) is 4.23. The zero-order valence-electron chi connectivity index (χ0n) is 15.1. The van der Waals surface area contributed by atoms with Crippen molar-refractivity contribution in [1.29, 1.82) is 0 Å². The maximum Gasteiger partial charge on any atom is 0.283 e. The van der Waals surface area contributed by atoms with E-state index >= 15 is 0 Å². The van der Waals surface area contributed by atoms with E-state index in [-0.39, 0.29) is 16.1 Å². The lowest BCUT2D eigenvalue weighted by atomic mass is 10.0. The second-order valence-corrected chi connectivity index (χ2v) is 8.14. The van der Waals surface area contributed by atoms with Crippen LogP contribution in [0.2, 0.25) is 0 Å². The highest BCUT2D eigenvalue weighted by Crippen LogP contribution is 2.22. The first-order chi connectivity index (χ1) is 14.3. The van der Waals surface area contributed by atoms with Crippen LogP contribution in [0.15, 0.2) is 65.8 Å². The molecule has 0 aliphatic heterocycles. The van der Waals surface area contributed by atoms with Crippen LogP contribution < -0.4 is 0 Å². The molecular weight excluding hydrogens is 419 g/mol. The van der Waals surface area contributed by atoms with E-state index in [1.165, 1.54) is 18.5 Å². The molecule has 0 N–H and O–H groups in total. The van der Waals surface area contributed by atoms with Crippen LogP contribution >= 0.6 is 0 Å². The van der Waals surface area contributed by atoms with Gasteiger partial charge in [-0.3, -0.25) is 9.78 Å². The molecule has 2 heterocycles. The minimum atomic E-state index is -4.14. The van der Waals surface area contributed by atoms with Gasteiger partial charge in [-0.1, -0.05) is 6.07 Å². The van der Waals surface area contributed by atoms with Gasteiger partial charge in [0.25, 0.3) is 10.0 Å². The molecule has 10 heteroatoms. The average molecular weight is 431 g/mol. The van der Waals surface area contributed by atoms with Crippen LogP contribution in [0.3, 0.4) is 0 Å². The SMILES string of the molecule is O=C(Cc1cc2c(cn1)cnn2S(=O)(=O)c1ccc(F)cc1)c1c(F)cccc1F. The fourth-order valence-corrected chi connectivity index (χ4v) is 4.22. The van der Waals surface area contributed by atoms with Crippen LogP contribution in [0.5, 0.6) is 0 Å². The van der Waals surface area contributed by atoms with Crippen molar-refractivity contribution in [3.05, 3.63) is 89.6 Å². The Balaban J connectivity index is 1.73. The third-order valence-electron chi connectivity index (χ3n) is 4.40. The zero-order chi connectivity index (χ0) is 21.5. The third-order valence-corrected chi connectivity index (χ3v) is 6.01. The quantitative estimate of drug-likeness (QED) is 0.452. The van der Waals surface area contributed by atoms with Crippen molar-refractivity contribution in [2.45, 2.75) is 11.3 Å². The number of pyridine rings is 1. The molecule has 2 aromatic heterocycles. The van der Waals surface area contributed by atoms with E-state index in [1.54, 1.807) is 0 Å². The van der Waals surface area contributed by atoms with Crippen molar-refractivity contribution in [3.63, 3.8) is 0 Å². The molecule has 2 aromatic carbocycles. The summed E-state index contributed by atoms with van der Waals surface area (Å²) in [6.07, 6.45) is 2.13. The second-order valence-electron chi connectivity index (χ2n) is 6.38. The number of rotatable bonds is 5. The number of ketones is 1.